The van der Waals surface area contributed by atoms with Crippen molar-refractivity contribution in [2.24, 2.45) is 0 Å². The maximum absolute atomic E-state index is 13.6. The van der Waals surface area contributed by atoms with Gasteiger partial charge < -0.3 is 57.4 Å². The molecule has 0 unspecified atom stereocenters. The zero-order valence-corrected chi connectivity index (χ0v) is 36.2. The predicted molar refractivity (Wildman–Crippen MR) is 214 cm³/mol. The zero-order chi connectivity index (χ0) is 41.1. The Balaban J connectivity index is 1.39. The number of halogens is 2. The average molecular weight is 902 g/mol. The van der Waals surface area contributed by atoms with E-state index in [1.54, 1.807) is 24.3 Å². The summed E-state index contributed by atoms with van der Waals surface area (Å²) in [5.41, 5.74) is -0.152. The summed E-state index contributed by atoms with van der Waals surface area (Å²) in [4.78, 5) is 11.5. The second-order valence-electron chi connectivity index (χ2n) is 12.5. The molecule has 0 atom stereocenters. The summed E-state index contributed by atoms with van der Waals surface area (Å²) >= 11 is 9.58. The number of ether oxygens (including phenoxy) is 11. The highest BCUT2D eigenvalue weighted by Gasteiger charge is 2.28. The number of hydrogen-bond acceptors (Lipinski definition) is 14. The van der Waals surface area contributed by atoms with Crippen molar-refractivity contribution < 1.29 is 65.3 Å². The Hall–Kier alpha value is -2.49. The van der Waals surface area contributed by atoms with E-state index in [1.807, 2.05) is 20.8 Å². The van der Waals surface area contributed by atoms with Crippen LogP contribution in [0.25, 0.3) is 0 Å². The Bertz CT molecular complexity index is 1490. The largest absolute Gasteiger partial charge is 0.495 e. The van der Waals surface area contributed by atoms with Crippen LogP contribution in [0, 0.1) is 0 Å². The first kappa shape index (κ1) is 49.7. The Morgan fingerprint density at radius 2 is 1.12 bits per heavy atom. The molecule has 2 aromatic carbocycles. The van der Waals surface area contributed by atoms with Gasteiger partial charge in [0.2, 0.25) is 0 Å². The number of para-hydroxylation sites is 2. The standard InChI is InChI=1S/C37H58BrClN2O14S/c1-37(2,3)55-36(42)40-10-11-46-12-13-47-14-15-48-16-17-49-18-19-50-20-21-51-22-23-52-24-25-53-26-27-54-34-29-31(39)30(38)28-35(34)56(43,44)41(4)32-8-6-7-9-33(32)45-5/h6-9,28-29H,10-27H2,1-5H3,(H,40,42). The van der Waals surface area contributed by atoms with Crippen LogP contribution in [0.5, 0.6) is 11.5 Å². The SMILES string of the molecule is COc1ccccc1N(C)S(=O)(=O)c1cc(Br)c(Cl)cc1OCCOCCOCCOCCOCCOCCOCCOCCOCCNC(=O)OC(C)(C)C. The van der Waals surface area contributed by atoms with E-state index in [2.05, 4.69) is 21.2 Å². The lowest BCUT2D eigenvalue weighted by molar-refractivity contribution is -0.0236. The van der Waals surface area contributed by atoms with Gasteiger partial charge in [-0.1, -0.05) is 23.7 Å². The molecule has 0 radical (unpaired) electrons. The number of carbonyl (C=O) groups is 1. The van der Waals surface area contributed by atoms with Gasteiger partial charge in [0.25, 0.3) is 10.0 Å². The van der Waals surface area contributed by atoms with Crippen LogP contribution in [0.1, 0.15) is 20.8 Å². The van der Waals surface area contributed by atoms with E-state index in [4.69, 9.17) is 63.7 Å². The first-order valence-corrected chi connectivity index (χ1v) is 20.8. The number of nitrogens with zero attached hydrogens (tertiary/aromatic N) is 1. The van der Waals surface area contributed by atoms with Crippen molar-refractivity contribution in [3.63, 3.8) is 0 Å². The summed E-state index contributed by atoms with van der Waals surface area (Å²) in [5, 5.41) is 2.93. The van der Waals surface area contributed by atoms with Crippen LogP contribution in [0.15, 0.2) is 45.8 Å². The molecule has 0 aliphatic carbocycles. The summed E-state index contributed by atoms with van der Waals surface area (Å²) < 4.78 is 88.9. The predicted octanol–water partition coefficient (Wildman–Crippen LogP) is 4.97. The summed E-state index contributed by atoms with van der Waals surface area (Å²) in [6.45, 7) is 12.4. The molecule has 0 aromatic heterocycles. The van der Waals surface area contributed by atoms with Gasteiger partial charge in [0.1, 0.15) is 28.6 Å². The van der Waals surface area contributed by atoms with Crippen molar-refractivity contribution in [1.29, 1.82) is 0 Å². The molecule has 0 saturated carbocycles. The first-order valence-electron chi connectivity index (χ1n) is 18.2. The normalized spacial score (nSPS) is 11.8. The van der Waals surface area contributed by atoms with E-state index in [-0.39, 0.29) is 23.9 Å². The maximum atomic E-state index is 13.6. The Labute approximate surface area is 344 Å². The number of amides is 1. The highest BCUT2D eigenvalue weighted by Crippen LogP contribution is 2.38. The lowest BCUT2D eigenvalue weighted by atomic mass is 10.2. The van der Waals surface area contributed by atoms with Crippen molar-refractivity contribution >= 4 is 49.3 Å². The molecule has 0 aliphatic heterocycles. The number of hydrogen-bond donors (Lipinski definition) is 1. The van der Waals surface area contributed by atoms with Crippen LogP contribution in [0.3, 0.4) is 0 Å². The lowest BCUT2D eigenvalue weighted by Gasteiger charge is -2.23. The molecule has 1 amide bonds. The minimum absolute atomic E-state index is 0.0615. The summed E-state index contributed by atoms with van der Waals surface area (Å²) in [6, 6.07) is 9.68. The molecule has 1 N–H and O–H groups in total. The number of sulfonamides is 1. The number of alkyl carbamates (subject to hydrolysis) is 1. The van der Waals surface area contributed by atoms with Gasteiger partial charge in [0.05, 0.1) is 124 Å². The highest BCUT2D eigenvalue weighted by atomic mass is 79.9. The van der Waals surface area contributed by atoms with Gasteiger partial charge in [-0.25, -0.2) is 13.2 Å². The van der Waals surface area contributed by atoms with Gasteiger partial charge in [0.15, 0.2) is 0 Å². The summed E-state index contributed by atoms with van der Waals surface area (Å²) in [7, 11) is -1.12. The number of methoxy groups -OCH3 is 1. The molecule has 19 heteroatoms. The molecule has 56 heavy (non-hydrogen) atoms. The molecular formula is C37H58BrClN2O14S. The van der Waals surface area contributed by atoms with E-state index in [0.717, 1.165) is 4.31 Å². The van der Waals surface area contributed by atoms with E-state index in [0.29, 0.717) is 127 Å². The second kappa shape index (κ2) is 28.8. The van der Waals surface area contributed by atoms with E-state index < -0.39 is 21.7 Å². The van der Waals surface area contributed by atoms with Crippen LogP contribution in [-0.4, -0.2) is 153 Å². The number of nitrogens with one attached hydrogen (secondary N) is 1. The number of rotatable bonds is 32. The molecule has 0 heterocycles. The van der Waals surface area contributed by atoms with Crippen LogP contribution >= 0.6 is 27.5 Å². The molecule has 2 aromatic rings. The molecule has 0 aliphatic rings. The van der Waals surface area contributed by atoms with Gasteiger partial charge in [-0.2, -0.15) is 0 Å². The quantitative estimate of drug-likeness (QED) is 0.0978. The Morgan fingerprint density at radius 1 is 0.696 bits per heavy atom. The molecule has 0 fully saturated rings. The van der Waals surface area contributed by atoms with Crippen molar-refractivity contribution in [2.45, 2.75) is 31.3 Å². The second-order valence-corrected chi connectivity index (χ2v) is 15.7. The van der Waals surface area contributed by atoms with Gasteiger partial charge in [0, 0.05) is 24.1 Å². The third-order valence-corrected chi connectivity index (χ3v) is 10.0. The van der Waals surface area contributed by atoms with Gasteiger partial charge in [-0.3, -0.25) is 4.31 Å². The minimum atomic E-state index is -4.04. The van der Waals surface area contributed by atoms with Crippen LogP contribution in [0.4, 0.5) is 10.5 Å². The third-order valence-electron chi connectivity index (χ3n) is 7.05. The third kappa shape index (κ3) is 21.3. The zero-order valence-electron chi connectivity index (χ0n) is 33.0. The Kier molecular flexibility index (Phi) is 25.6. The van der Waals surface area contributed by atoms with Crippen LogP contribution in [0.2, 0.25) is 5.02 Å². The first-order chi connectivity index (χ1) is 26.9. The number of benzene rings is 2. The molecule has 16 nitrogen and oxygen atoms in total. The number of anilines is 1. The van der Waals surface area contributed by atoms with Crippen LogP contribution in [-0.2, 0) is 52.7 Å². The van der Waals surface area contributed by atoms with E-state index >= 15 is 0 Å². The number of carbonyl (C=O) groups excluding carboxylic acids is 1. The average Bonchev–Trinajstić information content (AvgIpc) is 3.15. The van der Waals surface area contributed by atoms with Gasteiger partial charge >= 0.3 is 6.09 Å². The van der Waals surface area contributed by atoms with Crippen molar-refractivity contribution in [3.8, 4) is 11.5 Å². The topological polar surface area (TPSA) is 168 Å². The molecule has 0 saturated heterocycles. The monoisotopic (exact) mass is 900 g/mol. The van der Waals surface area contributed by atoms with Crippen LogP contribution < -0.4 is 19.1 Å². The van der Waals surface area contributed by atoms with Gasteiger partial charge in [-0.05, 0) is 54.9 Å². The summed E-state index contributed by atoms with van der Waals surface area (Å²) in [5.74, 6) is 0.506. The fraction of sp³-hybridized carbons (Fsp3) is 0.649. The molecule has 0 bridgehead atoms. The van der Waals surface area contributed by atoms with E-state index in [1.165, 1.54) is 26.3 Å². The molecule has 320 valence electrons. The fourth-order valence-corrected chi connectivity index (χ4v) is 6.38. The summed E-state index contributed by atoms with van der Waals surface area (Å²) in [6.07, 6.45) is -0.465. The minimum Gasteiger partial charge on any atom is -0.495 e. The fourth-order valence-electron chi connectivity index (χ4n) is 4.38. The molecular weight excluding hydrogens is 844 g/mol. The molecule has 2 rings (SSSR count). The molecule has 0 spiro atoms. The highest BCUT2D eigenvalue weighted by molar-refractivity contribution is 9.10. The van der Waals surface area contributed by atoms with E-state index in [9.17, 15) is 13.2 Å². The Morgan fingerprint density at radius 3 is 1.57 bits per heavy atom. The van der Waals surface area contributed by atoms with Gasteiger partial charge in [-0.15, -0.1) is 0 Å². The smallest absolute Gasteiger partial charge is 0.407 e. The lowest BCUT2D eigenvalue weighted by Crippen LogP contribution is -2.34. The van der Waals surface area contributed by atoms with Crippen molar-refractivity contribution in [3.05, 3.63) is 45.9 Å². The maximum Gasteiger partial charge on any atom is 0.407 e. The van der Waals surface area contributed by atoms with Crippen molar-refractivity contribution in [1.82, 2.24) is 5.32 Å². The van der Waals surface area contributed by atoms with Crippen molar-refractivity contribution in [2.75, 3.05) is 137 Å².